The summed E-state index contributed by atoms with van der Waals surface area (Å²) in [5.74, 6) is 0.930. The van der Waals surface area contributed by atoms with Gasteiger partial charge >= 0.3 is 0 Å². The summed E-state index contributed by atoms with van der Waals surface area (Å²) in [7, 11) is 4.12. The lowest BCUT2D eigenvalue weighted by atomic mass is 10.0. The van der Waals surface area contributed by atoms with Gasteiger partial charge in [-0.25, -0.2) is 0 Å². The van der Waals surface area contributed by atoms with Gasteiger partial charge in [0.15, 0.2) is 5.96 Å². The summed E-state index contributed by atoms with van der Waals surface area (Å²) >= 11 is 0. The maximum Gasteiger partial charge on any atom is 0.193 e. The normalized spacial score (nSPS) is 13.3. The minimum atomic E-state index is 0.202. The fraction of sp³-hybridized carbons (Fsp3) is 0.350. The molecule has 0 heterocycles. The Kier molecular flexibility index (Phi) is 6.38. The molecular weight excluding hydrogens is 296 g/mol. The molecule has 2 rings (SSSR count). The van der Waals surface area contributed by atoms with Crippen molar-refractivity contribution in [1.29, 1.82) is 0 Å². The molecule has 0 aliphatic heterocycles. The average molecular weight is 324 g/mol. The summed E-state index contributed by atoms with van der Waals surface area (Å²) in [6, 6.07) is 18.9. The summed E-state index contributed by atoms with van der Waals surface area (Å²) in [6.07, 6.45) is 0. The molecule has 0 aromatic heterocycles. The third-order valence-electron chi connectivity index (χ3n) is 4.07. The highest BCUT2D eigenvalue weighted by Gasteiger charge is 2.13. The average Bonchev–Trinajstić information content (AvgIpc) is 2.56. The second kappa shape index (κ2) is 8.50. The molecule has 1 unspecified atom stereocenters. The number of nitrogens with one attached hydrogen (secondary N) is 1. The smallest absolute Gasteiger partial charge is 0.193 e. The van der Waals surface area contributed by atoms with Gasteiger partial charge in [0.25, 0.3) is 0 Å². The molecule has 2 aromatic rings. The van der Waals surface area contributed by atoms with Gasteiger partial charge in [0.1, 0.15) is 0 Å². The van der Waals surface area contributed by atoms with E-state index in [-0.39, 0.29) is 6.04 Å². The van der Waals surface area contributed by atoms with Gasteiger partial charge < -0.3 is 16.0 Å². The molecular formula is C20H28N4. The Morgan fingerprint density at radius 3 is 2.33 bits per heavy atom. The van der Waals surface area contributed by atoms with E-state index in [4.69, 9.17) is 5.73 Å². The lowest BCUT2D eigenvalue weighted by molar-refractivity contribution is 0.306. The second-order valence-electron chi connectivity index (χ2n) is 6.52. The van der Waals surface area contributed by atoms with Gasteiger partial charge in [0, 0.05) is 5.69 Å². The number of nitrogens with two attached hydrogens (primary N) is 1. The number of aliphatic imine (C=N–C) groups is 1. The van der Waals surface area contributed by atoms with Gasteiger partial charge in [-0.1, -0.05) is 56.3 Å². The predicted octanol–water partition coefficient (Wildman–Crippen LogP) is 3.84. The zero-order chi connectivity index (χ0) is 17.5. The van der Waals surface area contributed by atoms with Gasteiger partial charge in [0.2, 0.25) is 0 Å². The first-order valence-electron chi connectivity index (χ1n) is 8.35. The molecule has 0 spiro atoms. The predicted molar refractivity (Wildman–Crippen MR) is 104 cm³/mol. The van der Waals surface area contributed by atoms with Crippen LogP contribution in [0.5, 0.6) is 0 Å². The molecule has 4 heteroatoms. The van der Waals surface area contributed by atoms with E-state index in [9.17, 15) is 0 Å². The van der Waals surface area contributed by atoms with Crippen molar-refractivity contribution in [1.82, 2.24) is 4.90 Å². The number of benzene rings is 2. The number of anilines is 1. The summed E-state index contributed by atoms with van der Waals surface area (Å²) < 4.78 is 0. The summed E-state index contributed by atoms with van der Waals surface area (Å²) in [5.41, 5.74) is 9.57. The Morgan fingerprint density at radius 1 is 1.04 bits per heavy atom. The summed E-state index contributed by atoms with van der Waals surface area (Å²) in [4.78, 5) is 6.69. The van der Waals surface area contributed by atoms with Crippen molar-refractivity contribution in [2.45, 2.75) is 25.8 Å². The molecule has 0 aliphatic carbocycles. The maximum absolute atomic E-state index is 6.08. The van der Waals surface area contributed by atoms with E-state index in [2.05, 4.69) is 79.6 Å². The highest BCUT2D eigenvalue weighted by atomic mass is 15.1. The monoisotopic (exact) mass is 324 g/mol. The van der Waals surface area contributed by atoms with Crippen LogP contribution in [0.4, 0.5) is 5.69 Å². The zero-order valence-corrected chi connectivity index (χ0v) is 15.0. The fourth-order valence-corrected chi connectivity index (χ4v) is 2.59. The topological polar surface area (TPSA) is 53.6 Å². The van der Waals surface area contributed by atoms with E-state index < -0.39 is 0 Å². The van der Waals surface area contributed by atoms with E-state index in [0.29, 0.717) is 18.4 Å². The van der Waals surface area contributed by atoms with Crippen molar-refractivity contribution in [3.05, 3.63) is 65.7 Å². The standard InChI is InChI=1S/C20H28N4/c1-15(2)17-11-8-12-18(13-17)23-20(21)22-14-19(24(3)4)16-9-6-5-7-10-16/h5-13,15,19H,14H2,1-4H3,(H3,21,22,23). The van der Waals surface area contributed by atoms with E-state index in [0.717, 1.165) is 5.69 Å². The van der Waals surface area contributed by atoms with E-state index in [1.807, 2.05) is 18.2 Å². The van der Waals surface area contributed by atoms with Crippen molar-refractivity contribution in [3.63, 3.8) is 0 Å². The molecule has 3 N–H and O–H groups in total. The third-order valence-corrected chi connectivity index (χ3v) is 4.07. The van der Waals surface area contributed by atoms with Crippen LogP contribution >= 0.6 is 0 Å². The molecule has 0 bridgehead atoms. The van der Waals surface area contributed by atoms with Crippen molar-refractivity contribution in [2.75, 3.05) is 26.0 Å². The van der Waals surface area contributed by atoms with Crippen LogP contribution in [0.25, 0.3) is 0 Å². The highest BCUT2D eigenvalue weighted by molar-refractivity contribution is 5.92. The van der Waals surface area contributed by atoms with Crippen LogP contribution in [0.1, 0.15) is 36.9 Å². The summed E-state index contributed by atoms with van der Waals surface area (Å²) in [5, 5.41) is 3.19. The minimum Gasteiger partial charge on any atom is -0.370 e. The van der Waals surface area contributed by atoms with Gasteiger partial charge in [-0.3, -0.25) is 4.99 Å². The number of guanidine groups is 1. The van der Waals surface area contributed by atoms with Crippen LogP contribution in [0, 0.1) is 0 Å². The lowest BCUT2D eigenvalue weighted by Gasteiger charge is -2.23. The number of hydrogen-bond acceptors (Lipinski definition) is 2. The number of nitrogens with zero attached hydrogens (tertiary/aromatic N) is 2. The number of hydrogen-bond donors (Lipinski definition) is 2. The zero-order valence-electron chi connectivity index (χ0n) is 15.0. The Bertz CT molecular complexity index is 662. The molecule has 0 aliphatic rings. The molecule has 0 saturated heterocycles. The number of rotatable bonds is 6. The third kappa shape index (κ3) is 5.10. The van der Waals surface area contributed by atoms with Gasteiger partial charge in [-0.05, 0) is 43.3 Å². The fourth-order valence-electron chi connectivity index (χ4n) is 2.59. The van der Waals surface area contributed by atoms with Crippen molar-refractivity contribution in [3.8, 4) is 0 Å². The van der Waals surface area contributed by atoms with Gasteiger partial charge in [0.05, 0.1) is 12.6 Å². The van der Waals surface area contributed by atoms with Gasteiger partial charge in [-0.15, -0.1) is 0 Å². The van der Waals surface area contributed by atoms with Crippen LogP contribution < -0.4 is 11.1 Å². The van der Waals surface area contributed by atoms with Crippen molar-refractivity contribution >= 4 is 11.6 Å². The van der Waals surface area contributed by atoms with E-state index in [1.54, 1.807) is 0 Å². The van der Waals surface area contributed by atoms with Crippen LogP contribution in [-0.2, 0) is 0 Å². The Labute approximate surface area is 145 Å². The Morgan fingerprint density at radius 2 is 1.71 bits per heavy atom. The first-order chi connectivity index (χ1) is 11.5. The molecule has 0 radical (unpaired) electrons. The molecule has 24 heavy (non-hydrogen) atoms. The van der Waals surface area contributed by atoms with E-state index in [1.165, 1.54) is 11.1 Å². The van der Waals surface area contributed by atoms with E-state index >= 15 is 0 Å². The largest absolute Gasteiger partial charge is 0.370 e. The molecule has 4 nitrogen and oxygen atoms in total. The molecule has 0 fully saturated rings. The molecule has 0 amide bonds. The van der Waals surface area contributed by atoms with Crippen LogP contribution in [0.2, 0.25) is 0 Å². The molecule has 128 valence electrons. The minimum absolute atomic E-state index is 0.202. The first-order valence-corrected chi connectivity index (χ1v) is 8.35. The number of likely N-dealkylation sites (N-methyl/N-ethyl adjacent to an activating group) is 1. The van der Waals surface area contributed by atoms with Gasteiger partial charge in [-0.2, -0.15) is 0 Å². The van der Waals surface area contributed by atoms with Crippen LogP contribution in [0.15, 0.2) is 59.6 Å². The molecule has 1 atom stereocenters. The van der Waals surface area contributed by atoms with Crippen molar-refractivity contribution in [2.24, 2.45) is 10.7 Å². The Balaban J connectivity index is 2.06. The summed E-state index contributed by atoms with van der Waals surface area (Å²) in [6.45, 7) is 4.97. The lowest BCUT2D eigenvalue weighted by Crippen LogP contribution is -2.27. The second-order valence-corrected chi connectivity index (χ2v) is 6.52. The quantitative estimate of drug-likeness (QED) is 0.627. The Hall–Kier alpha value is -2.33. The molecule has 0 saturated carbocycles. The highest BCUT2D eigenvalue weighted by Crippen LogP contribution is 2.19. The maximum atomic E-state index is 6.08. The van der Waals surface area contributed by atoms with Crippen LogP contribution in [0.3, 0.4) is 0 Å². The molecule has 2 aromatic carbocycles. The SMILES string of the molecule is CC(C)c1cccc(NC(N)=NCC(c2ccccc2)N(C)C)c1. The van der Waals surface area contributed by atoms with Crippen molar-refractivity contribution < 1.29 is 0 Å². The first kappa shape index (κ1) is 18.0. The van der Waals surface area contributed by atoms with Crippen LogP contribution in [-0.4, -0.2) is 31.5 Å².